The average molecular weight is 502 g/mol. The first-order valence-electron chi connectivity index (χ1n) is 11.1. The third-order valence-electron chi connectivity index (χ3n) is 5.54. The number of hydrogen-bond acceptors (Lipinski definition) is 5. The fraction of sp³-hybridized carbons (Fsp3) is 0.269. The lowest BCUT2D eigenvalue weighted by atomic mass is 10.1. The SMILES string of the molecule is CC(C)C[N+](C[C@H](O)[CH]Cc1ccccc1)(S(=O)(=O)c1ccccc1)S(=O)(=O)c1ccccc1. The Labute approximate surface area is 203 Å². The molecule has 0 heterocycles. The lowest BCUT2D eigenvalue weighted by Crippen LogP contribution is -2.61. The lowest BCUT2D eigenvalue weighted by Gasteiger charge is -2.37. The van der Waals surface area contributed by atoms with E-state index in [4.69, 9.17) is 0 Å². The Kier molecular flexibility index (Phi) is 8.30. The van der Waals surface area contributed by atoms with E-state index in [1.54, 1.807) is 56.7 Å². The number of sulfonamides is 2. The van der Waals surface area contributed by atoms with Crippen LogP contribution in [0.1, 0.15) is 19.4 Å². The summed E-state index contributed by atoms with van der Waals surface area (Å²) in [6, 6.07) is 24.5. The Morgan fingerprint density at radius 2 is 1.12 bits per heavy atom. The standard InChI is InChI=1S/C26H31NO5S2/c1-22(2)20-27(33(29,30)25-14-8-4-9-15-25,34(31,32)26-16-10-5-11-17-26)21-24(28)19-18-23-12-6-3-7-13-23/h3-17,19,22,24,28H,18,20-21H2,1-2H3/q+1/t24-/m1/s1. The molecule has 8 heteroatoms. The zero-order chi connectivity index (χ0) is 24.8. The summed E-state index contributed by atoms with van der Waals surface area (Å²) in [5.41, 5.74) is 0.931. The summed E-state index contributed by atoms with van der Waals surface area (Å²) < 4.78 is 55.0. The average Bonchev–Trinajstić information content (AvgIpc) is 2.83. The van der Waals surface area contributed by atoms with Crippen LogP contribution in [0.3, 0.4) is 0 Å². The summed E-state index contributed by atoms with van der Waals surface area (Å²) >= 11 is 0. The highest BCUT2D eigenvalue weighted by atomic mass is 32.3. The fourth-order valence-corrected chi connectivity index (χ4v) is 8.97. The van der Waals surface area contributed by atoms with Crippen molar-refractivity contribution in [2.75, 3.05) is 13.1 Å². The van der Waals surface area contributed by atoms with Gasteiger partial charge in [-0.1, -0.05) is 80.6 Å². The second-order valence-corrected chi connectivity index (χ2v) is 13.1. The normalized spacial score (nSPS) is 13.6. The maximum absolute atomic E-state index is 14.1. The first kappa shape index (κ1) is 26.1. The molecule has 3 aromatic rings. The van der Waals surface area contributed by atoms with Crippen LogP contribution in [0.15, 0.2) is 101 Å². The summed E-state index contributed by atoms with van der Waals surface area (Å²) in [7, 11) is -8.94. The molecule has 0 fully saturated rings. The van der Waals surface area contributed by atoms with Crippen molar-refractivity contribution in [2.45, 2.75) is 36.2 Å². The van der Waals surface area contributed by atoms with Crippen LogP contribution in [0.4, 0.5) is 0 Å². The third kappa shape index (κ3) is 5.41. The molecule has 3 aromatic carbocycles. The van der Waals surface area contributed by atoms with Gasteiger partial charge in [0.25, 0.3) is 0 Å². The zero-order valence-electron chi connectivity index (χ0n) is 19.4. The number of aliphatic hydroxyl groups is 1. The summed E-state index contributed by atoms with van der Waals surface area (Å²) in [5.74, 6) is -0.293. The number of benzene rings is 3. The van der Waals surface area contributed by atoms with E-state index in [1.165, 1.54) is 24.3 Å². The molecular weight excluding hydrogens is 470 g/mol. The van der Waals surface area contributed by atoms with Crippen LogP contribution in [0.25, 0.3) is 0 Å². The van der Waals surface area contributed by atoms with E-state index in [0.29, 0.717) is 6.42 Å². The largest absolute Gasteiger partial charge is 0.387 e. The molecule has 0 aliphatic rings. The van der Waals surface area contributed by atoms with E-state index in [1.807, 2.05) is 30.3 Å². The van der Waals surface area contributed by atoms with Crippen molar-refractivity contribution in [1.29, 1.82) is 0 Å². The highest BCUT2D eigenvalue weighted by Gasteiger charge is 2.56. The van der Waals surface area contributed by atoms with E-state index in [-0.39, 0.29) is 22.3 Å². The molecule has 0 aromatic heterocycles. The van der Waals surface area contributed by atoms with Crippen molar-refractivity contribution in [1.82, 2.24) is 0 Å². The number of quaternary nitrogens is 1. The van der Waals surface area contributed by atoms with E-state index in [2.05, 4.69) is 0 Å². The smallest absolute Gasteiger partial charge is 0.342 e. The van der Waals surface area contributed by atoms with Crippen LogP contribution >= 0.6 is 0 Å². The molecule has 3 rings (SSSR count). The summed E-state index contributed by atoms with van der Waals surface area (Å²) in [4.78, 5) is -0.212. The van der Waals surface area contributed by atoms with Gasteiger partial charge in [0, 0.05) is 12.3 Å². The second-order valence-electron chi connectivity index (χ2n) is 8.64. The summed E-state index contributed by atoms with van der Waals surface area (Å²) in [6.45, 7) is 2.80. The fourth-order valence-electron chi connectivity index (χ4n) is 3.97. The van der Waals surface area contributed by atoms with Gasteiger partial charge < -0.3 is 5.11 Å². The van der Waals surface area contributed by atoms with E-state index >= 15 is 0 Å². The molecule has 6 nitrogen and oxygen atoms in total. The number of aliphatic hydroxyl groups excluding tert-OH is 1. The minimum atomic E-state index is -4.47. The monoisotopic (exact) mass is 501 g/mol. The van der Waals surface area contributed by atoms with Gasteiger partial charge in [-0.15, -0.1) is 3.29 Å². The van der Waals surface area contributed by atoms with Gasteiger partial charge >= 0.3 is 20.0 Å². The lowest BCUT2D eigenvalue weighted by molar-refractivity contribution is -0.683. The van der Waals surface area contributed by atoms with Crippen LogP contribution < -0.4 is 0 Å². The predicted molar refractivity (Wildman–Crippen MR) is 133 cm³/mol. The van der Waals surface area contributed by atoms with Crippen LogP contribution in [0.5, 0.6) is 0 Å². The molecular formula is C26H31NO5S2+. The Morgan fingerprint density at radius 3 is 1.53 bits per heavy atom. The van der Waals surface area contributed by atoms with E-state index in [9.17, 15) is 21.9 Å². The Balaban J connectivity index is 2.13. The third-order valence-corrected chi connectivity index (χ3v) is 10.8. The topological polar surface area (TPSA) is 88.5 Å². The quantitative estimate of drug-likeness (QED) is 0.401. The first-order chi connectivity index (χ1) is 16.1. The van der Waals surface area contributed by atoms with Gasteiger partial charge in [0.1, 0.15) is 29.0 Å². The zero-order valence-corrected chi connectivity index (χ0v) is 21.0. The molecule has 1 N–H and O–H groups in total. The van der Waals surface area contributed by atoms with Crippen LogP contribution in [0, 0.1) is 12.3 Å². The molecule has 0 bridgehead atoms. The maximum Gasteiger partial charge on any atom is 0.342 e. The Hall–Kier alpha value is -2.52. The highest BCUT2D eigenvalue weighted by Crippen LogP contribution is 2.35. The van der Waals surface area contributed by atoms with Gasteiger partial charge in [0.05, 0.1) is 0 Å². The number of rotatable bonds is 11. The minimum Gasteiger partial charge on any atom is -0.387 e. The molecule has 0 spiro atoms. The van der Waals surface area contributed by atoms with Crippen LogP contribution in [0.2, 0.25) is 0 Å². The predicted octanol–water partition coefficient (Wildman–Crippen LogP) is 4.04. The molecule has 181 valence electrons. The maximum atomic E-state index is 14.1. The van der Waals surface area contributed by atoms with Crippen molar-refractivity contribution >= 4 is 20.0 Å². The van der Waals surface area contributed by atoms with Crippen molar-refractivity contribution < 1.29 is 25.2 Å². The molecule has 0 amide bonds. The molecule has 0 saturated heterocycles. The first-order valence-corrected chi connectivity index (χ1v) is 14.0. The highest BCUT2D eigenvalue weighted by molar-refractivity contribution is 7.98. The second kappa shape index (κ2) is 10.8. The minimum absolute atomic E-state index is 0.106. The molecule has 34 heavy (non-hydrogen) atoms. The molecule has 0 saturated carbocycles. The Bertz CT molecular complexity index is 1190. The Morgan fingerprint density at radius 1 is 0.706 bits per heavy atom. The molecule has 0 aliphatic heterocycles. The van der Waals surface area contributed by atoms with Gasteiger partial charge in [-0.2, -0.15) is 16.8 Å². The molecule has 0 aliphatic carbocycles. The summed E-state index contributed by atoms with van der Waals surface area (Å²) in [5, 5.41) is 11.0. The number of hydrogen-bond donors (Lipinski definition) is 1. The van der Waals surface area contributed by atoms with Crippen molar-refractivity contribution in [2.24, 2.45) is 5.92 Å². The van der Waals surface area contributed by atoms with Gasteiger partial charge in [0.15, 0.2) is 0 Å². The van der Waals surface area contributed by atoms with E-state index < -0.39 is 36.0 Å². The van der Waals surface area contributed by atoms with Gasteiger partial charge in [0.2, 0.25) is 0 Å². The van der Waals surface area contributed by atoms with Crippen LogP contribution in [-0.4, -0.2) is 44.4 Å². The van der Waals surface area contributed by atoms with E-state index in [0.717, 1.165) is 5.56 Å². The van der Waals surface area contributed by atoms with Crippen molar-refractivity contribution in [3.05, 3.63) is 103 Å². The van der Waals surface area contributed by atoms with Crippen LogP contribution in [-0.2, 0) is 26.5 Å². The molecule has 0 unspecified atom stereocenters. The van der Waals surface area contributed by atoms with Crippen molar-refractivity contribution in [3.63, 3.8) is 0 Å². The number of nitrogens with zero attached hydrogens (tertiary/aromatic N) is 1. The van der Waals surface area contributed by atoms with Crippen molar-refractivity contribution in [3.8, 4) is 0 Å². The van der Waals surface area contributed by atoms with Gasteiger partial charge in [-0.3, -0.25) is 0 Å². The van der Waals surface area contributed by atoms with Gasteiger partial charge in [-0.25, -0.2) is 0 Å². The molecule has 1 atom stereocenters. The molecule has 1 radical (unpaired) electrons. The van der Waals surface area contributed by atoms with Gasteiger partial charge in [-0.05, 0) is 36.2 Å². The summed E-state index contributed by atoms with van der Waals surface area (Å²) in [6.07, 6.45) is 0.653.